The van der Waals surface area contributed by atoms with Gasteiger partial charge < -0.3 is 10.1 Å². The Hall–Kier alpha value is -1.80. The maximum absolute atomic E-state index is 5.95. The number of benzene rings is 2. The van der Waals surface area contributed by atoms with Crippen molar-refractivity contribution < 1.29 is 4.74 Å². The highest BCUT2D eigenvalue weighted by Gasteiger charge is 2.13. The largest absolute Gasteiger partial charge is 0.457 e. The Morgan fingerprint density at radius 3 is 2.71 bits per heavy atom. The molecule has 1 N–H and O–H groups in total. The van der Waals surface area contributed by atoms with Gasteiger partial charge in [-0.1, -0.05) is 30.3 Å². The highest BCUT2D eigenvalue weighted by molar-refractivity contribution is 5.44. The third kappa shape index (κ3) is 2.17. The number of para-hydroxylation sites is 1. The summed E-state index contributed by atoms with van der Waals surface area (Å²) in [4.78, 5) is 0. The molecule has 2 aromatic rings. The smallest absolute Gasteiger partial charge is 0.130 e. The van der Waals surface area contributed by atoms with Crippen molar-refractivity contribution in [3.63, 3.8) is 0 Å². The third-order valence-corrected chi connectivity index (χ3v) is 3.07. The van der Waals surface area contributed by atoms with Gasteiger partial charge in [0, 0.05) is 12.1 Å². The highest BCUT2D eigenvalue weighted by atomic mass is 16.5. The molecule has 0 saturated heterocycles. The van der Waals surface area contributed by atoms with Crippen LogP contribution in [0.15, 0.2) is 48.5 Å². The first-order chi connectivity index (χ1) is 8.43. The molecule has 2 aromatic carbocycles. The van der Waals surface area contributed by atoms with Crippen molar-refractivity contribution in [1.29, 1.82) is 0 Å². The van der Waals surface area contributed by atoms with Gasteiger partial charge in [-0.05, 0) is 36.7 Å². The maximum atomic E-state index is 5.95. The minimum absolute atomic E-state index is 0.902. The van der Waals surface area contributed by atoms with Gasteiger partial charge in [-0.25, -0.2) is 0 Å². The van der Waals surface area contributed by atoms with E-state index in [4.69, 9.17) is 4.74 Å². The molecule has 17 heavy (non-hydrogen) atoms. The van der Waals surface area contributed by atoms with Crippen LogP contribution in [0.3, 0.4) is 0 Å². The Kier molecular flexibility index (Phi) is 2.80. The SMILES string of the molecule is c1ccc(Oc2cccc3c2CCNC3)cc1. The lowest BCUT2D eigenvalue weighted by Crippen LogP contribution is -2.23. The van der Waals surface area contributed by atoms with Crippen molar-refractivity contribution in [2.75, 3.05) is 6.54 Å². The molecule has 3 rings (SSSR count). The number of ether oxygens (including phenoxy) is 1. The molecule has 0 fully saturated rings. The summed E-state index contributed by atoms with van der Waals surface area (Å²) in [5.74, 6) is 1.90. The van der Waals surface area contributed by atoms with Crippen molar-refractivity contribution in [1.82, 2.24) is 5.32 Å². The number of nitrogens with one attached hydrogen (secondary N) is 1. The Morgan fingerprint density at radius 2 is 1.82 bits per heavy atom. The molecule has 0 aliphatic carbocycles. The van der Waals surface area contributed by atoms with Gasteiger partial charge in [0.05, 0.1) is 0 Å². The molecule has 0 radical (unpaired) electrons. The predicted molar refractivity (Wildman–Crippen MR) is 68.4 cm³/mol. The second-order valence-corrected chi connectivity index (χ2v) is 4.24. The molecular weight excluding hydrogens is 210 g/mol. The number of rotatable bonds is 2. The zero-order chi connectivity index (χ0) is 11.5. The topological polar surface area (TPSA) is 21.3 Å². The van der Waals surface area contributed by atoms with Crippen LogP contribution < -0.4 is 10.1 Å². The Bertz CT molecular complexity index is 508. The van der Waals surface area contributed by atoms with Crippen LogP contribution in [-0.2, 0) is 13.0 Å². The van der Waals surface area contributed by atoms with Crippen LogP contribution in [0.25, 0.3) is 0 Å². The number of hydrogen-bond donors (Lipinski definition) is 1. The van der Waals surface area contributed by atoms with E-state index >= 15 is 0 Å². The van der Waals surface area contributed by atoms with Gasteiger partial charge in [0.15, 0.2) is 0 Å². The monoisotopic (exact) mass is 225 g/mol. The van der Waals surface area contributed by atoms with Gasteiger partial charge in [0.1, 0.15) is 11.5 Å². The molecule has 0 spiro atoms. The van der Waals surface area contributed by atoms with Crippen LogP contribution in [0.5, 0.6) is 11.5 Å². The minimum Gasteiger partial charge on any atom is -0.457 e. The first-order valence-corrected chi connectivity index (χ1v) is 5.98. The molecule has 1 aliphatic heterocycles. The van der Waals surface area contributed by atoms with Crippen LogP contribution in [0.1, 0.15) is 11.1 Å². The molecule has 1 aliphatic rings. The standard InChI is InChI=1S/C15H15NO/c1-2-6-13(7-3-1)17-15-8-4-5-12-11-16-10-9-14(12)15/h1-8,16H,9-11H2. The van der Waals surface area contributed by atoms with Crippen molar-refractivity contribution in [2.24, 2.45) is 0 Å². The summed E-state index contributed by atoms with van der Waals surface area (Å²) in [7, 11) is 0. The summed E-state index contributed by atoms with van der Waals surface area (Å²) in [6.07, 6.45) is 1.04. The Balaban J connectivity index is 1.93. The second-order valence-electron chi connectivity index (χ2n) is 4.24. The molecule has 0 bridgehead atoms. The van der Waals surface area contributed by atoms with E-state index in [2.05, 4.69) is 23.5 Å². The normalized spacial score (nSPS) is 14.1. The molecular formula is C15H15NO. The van der Waals surface area contributed by atoms with E-state index in [0.29, 0.717) is 0 Å². The molecule has 0 unspecified atom stereocenters. The van der Waals surface area contributed by atoms with Crippen molar-refractivity contribution in [3.8, 4) is 11.5 Å². The maximum Gasteiger partial charge on any atom is 0.130 e. The fourth-order valence-electron chi connectivity index (χ4n) is 2.21. The first kappa shape index (κ1) is 10.4. The first-order valence-electron chi connectivity index (χ1n) is 5.98. The molecule has 2 nitrogen and oxygen atoms in total. The van der Waals surface area contributed by atoms with Crippen molar-refractivity contribution >= 4 is 0 Å². The molecule has 86 valence electrons. The van der Waals surface area contributed by atoms with E-state index in [1.54, 1.807) is 0 Å². The van der Waals surface area contributed by atoms with E-state index in [-0.39, 0.29) is 0 Å². The summed E-state index contributed by atoms with van der Waals surface area (Å²) >= 11 is 0. The summed E-state index contributed by atoms with van der Waals surface area (Å²) in [5, 5.41) is 3.38. The lowest BCUT2D eigenvalue weighted by molar-refractivity contribution is 0.469. The van der Waals surface area contributed by atoms with Crippen LogP contribution in [-0.4, -0.2) is 6.54 Å². The predicted octanol–water partition coefficient (Wildman–Crippen LogP) is 3.12. The van der Waals surface area contributed by atoms with Crippen molar-refractivity contribution in [3.05, 3.63) is 59.7 Å². The fourth-order valence-corrected chi connectivity index (χ4v) is 2.21. The molecule has 0 saturated carbocycles. The van der Waals surface area contributed by atoms with Gasteiger partial charge in [-0.3, -0.25) is 0 Å². The van der Waals surface area contributed by atoms with E-state index in [0.717, 1.165) is 31.0 Å². The molecule has 1 heterocycles. The zero-order valence-electron chi connectivity index (χ0n) is 9.65. The van der Waals surface area contributed by atoms with Gasteiger partial charge in [-0.2, -0.15) is 0 Å². The lowest BCUT2D eigenvalue weighted by atomic mass is 10.0. The highest BCUT2D eigenvalue weighted by Crippen LogP contribution is 2.29. The quantitative estimate of drug-likeness (QED) is 0.847. The Morgan fingerprint density at radius 1 is 0.941 bits per heavy atom. The Labute approximate surface area is 101 Å². The zero-order valence-corrected chi connectivity index (χ0v) is 9.65. The van der Waals surface area contributed by atoms with Crippen LogP contribution >= 0.6 is 0 Å². The van der Waals surface area contributed by atoms with Crippen LogP contribution in [0, 0.1) is 0 Å². The van der Waals surface area contributed by atoms with Gasteiger partial charge in [0.25, 0.3) is 0 Å². The molecule has 2 heteroatoms. The average Bonchev–Trinajstić information content (AvgIpc) is 2.40. The molecule has 0 amide bonds. The van der Waals surface area contributed by atoms with E-state index in [9.17, 15) is 0 Å². The summed E-state index contributed by atoms with van der Waals surface area (Å²) in [6.45, 7) is 1.98. The minimum atomic E-state index is 0.902. The summed E-state index contributed by atoms with van der Waals surface area (Å²) in [6, 6.07) is 16.2. The second kappa shape index (κ2) is 4.60. The summed E-state index contributed by atoms with van der Waals surface area (Å²) in [5.41, 5.74) is 2.69. The van der Waals surface area contributed by atoms with Crippen molar-refractivity contribution in [2.45, 2.75) is 13.0 Å². The lowest BCUT2D eigenvalue weighted by Gasteiger charge is -2.20. The van der Waals surface area contributed by atoms with Gasteiger partial charge in [0.2, 0.25) is 0 Å². The van der Waals surface area contributed by atoms with E-state index in [1.807, 2.05) is 30.3 Å². The van der Waals surface area contributed by atoms with Gasteiger partial charge in [-0.15, -0.1) is 0 Å². The van der Waals surface area contributed by atoms with Crippen LogP contribution in [0.2, 0.25) is 0 Å². The fraction of sp³-hybridized carbons (Fsp3) is 0.200. The van der Waals surface area contributed by atoms with Crippen LogP contribution in [0.4, 0.5) is 0 Å². The average molecular weight is 225 g/mol. The molecule has 0 aromatic heterocycles. The van der Waals surface area contributed by atoms with E-state index in [1.165, 1.54) is 11.1 Å². The van der Waals surface area contributed by atoms with Gasteiger partial charge >= 0.3 is 0 Å². The van der Waals surface area contributed by atoms with E-state index < -0.39 is 0 Å². The third-order valence-electron chi connectivity index (χ3n) is 3.07. The summed E-state index contributed by atoms with van der Waals surface area (Å²) < 4.78 is 5.95. The number of fused-ring (bicyclic) bond motifs is 1. The number of hydrogen-bond acceptors (Lipinski definition) is 2. The molecule has 0 atom stereocenters.